The van der Waals surface area contributed by atoms with Gasteiger partial charge < -0.3 is 5.11 Å². The zero-order chi connectivity index (χ0) is 15.0. The van der Waals surface area contributed by atoms with Gasteiger partial charge in [-0.3, -0.25) is 0 Å². The van der Waals surface area contributed by atoms with Crippen molar-refractivity contribution in [1.29, 1.82) is 0 Å². The van der Waals surface area contributed by atoms with Crippen molar-refractivity contribution in [1.82, 2.24) is 0 Å². The first kappa shape index (κ1) is 15.9. The fraction of sp³-hybridized carbons (Fsp3) is 0.667. The van der Waals surface area contributed by atoms with Crippen molar-refractivity contribution in [3.8, 4) is 0 Å². The van der Waals surface area contributed by atoms with Gasteiger partial charge in [0.2, 0.25) is 0 Å². The van der Waals surface area contributed by atoms with Gasteiger partial charge in [0.05, 0.1) is 5.60 Å². The molecule has 0 aliphatic heterocycles. The summed E-state index contributed by atoms with van der Waals surface area (Å²) in [4.78, 5) is 0. The molecule has 0 amide bonds. The van der Waals surface area contributed by atoms with Crippen LogP contribution >= 0.6 is 11.6 Å². The Morgan fingerprint density at radius 2 is 1.90 bits per heavy atom. The van der Waals surface area contributed by atoms with Gasteiger partial charge in [0.1, 0.15) is 0 Å². The van der Waals surface area contributed by atoms with Gasteiger partial charge in [-0.25, -0.2) is 0 Å². The summed E-state index contributed by atoms with van der Waals surface area (Å²) < 4.78 is 0. The van der Waals surface area contributed by atoms with E-state index >= 15 is 0 Å². The van der Waals surface area contributed by atoms with E-state index in [0.29, 0.717) is 11.3 Å². The van der Waals surface area contributed by atoms with Crippen LogP contribution in [-0.2, 0) is 5.60 Å². The monoisotopic (exact) mass is 294 g/mol. The molecular formula is C18H27ClO. The minimum Gasteiger partial charge on any atom is -0.385 e. The average molecular weight is 295 g/mol. The highest BCUT2D eigenvalue weighted by Crippen LogP contribution is 2.43. The van der Waals surface area contributed by atoms with Crippen LogP contribution in [0.1, 0.15) is 64.0 Å². The molecular weight excluding hydrogens is 268 g/mol. The molecule has 0 heterocycles. The van der Waals surface area contributed by atoms with Crippen molar-refractivity contribution in [3.05, 3.63) is 34.3 Å². The summed E-state index contributed by atoms with van der Waals surface area (Å²) in [5, 5.41) is 11.8. The minimum absolute atomic E-state index is 0.330. The molecule has 20 heavy (non-hydrogen) atoms. The van der Waals surface area contributed by atoms with Gasteiger partial charge in [-0.1, -0.05) is 44.5 Å². The zero-order valence-corrected chi connectivity index (χ0v) is 13.9. The molecule has 112 valence electrons. The summed E-state index contributed by atoms with van der Waals surface area (Å²) >= 11 is 6.23. The van der Waals surface area contributed by atoms with Crippen LogP contribution in [0.25, 0.3) is 0 Å². The predicted octanol–water partition coefficient (Wildman–Crippen LogP) is 5.46. The highest BCUT2D eigenvalue weighted by Gasteiger charge is 2.36. The maximum Gasteiger partial charge on any atom is 0.0897 e. The molecule has 1 saturated carbocycles. The molecule has 0 aromatic heterocycles. The van der Waals surface area contributed by atoms with Gasteiger partial charge in [0, 0.05) is 5.02 Å². The molecule has 0 radical (unpaired) electrons. The van der Waals surface area contributed by atoms with Crippen molar-refractivity contribution in [3.63, 3.8) is 0 Å². The summed E-state index contributed by atoms with van der Waals surface area (Å²) in [6.07, 6.45) is 5.08. The van der Waals surface area contributed by atoms with Crippen molar-refractivity contribution in [2.45, 2.75) is 65.4 Å². The van der Waals surface area contributed by atoms with Gasteiger partial charge in [-0.2, -0.15) is 0 Å². The number of aryl methyl sites for hydroxylation is 1. The lowest BCUT2D eigenvalue weighted by Gasteiger charge is -2.31. The van der Waals surface area contributed by atoms with E-state index in [1.807, 2.05) is 25.1 Å². The van der Waals surface area contributed by atoms with Gasteiger partial charge in [-0.05, 0) is 67.6 Å². The molecule has 2 atom stereocenters. The first-order chi connectivity index (χ1) is 9.22. The van der Waals surface area contributed by atoms with Gasteiger partial charge >= 0.3 is 0 Å². The van der Waals surface area contributed by atoms with E-state index in [1.54, 1.807) is 0 Å². The third kappa shape index (κ3) is 3.38. The lowest BCUT2D eigenvalue weighted by molar-refractivity contribution is 0.0180. The number of rotatable bonds is 1. The lowest BCUT2D eigenvalue weighted by atomic mass is 9.76. The van der Waals surface area contributed by atoms with Gasteiger partial charge in [0.25, 0.3) is 0 Å². The molecule has 0 spiro atoms. The summed E-state index contributed by atoms with van der Waals surface area (Å²) in [6, 6.07) is 6.01. The third-order valence-corrected chi connectivity index (χ3v) is 5.39. The first-order valence-corrected chi connectivity index (χ1v) is 8.09. The Morgan fingerprint density at radius 3 is 2.50 bits per heavy atom. The molecule has 1 aromatic carbocycles. The van der Waals surface area contributed by atoms with E-state index < -0.39 is 5.60 Å². The molecule has 1 N–H and O–H groups in total. The first-order valence-electron chi connectivity index (χ1n) is 7.71. The molecule has 0 bridgehead atoms. The molecule has 1 aromatic rings. The SMILES string of the molecule is Cc1ccc(C2(O)CCCC(C(C)(C)C)CC2)cc1Cl. The van der Waals surface area contributed by atoms with Crippen LogP contribution in [0, 0.1) is 18.3 Å². The largest absolute Gasteiger partial charge is 0.385 e. The van der Waals surface area contributed by atoms with Crippen LogP contribution in [0.15, 0.2) is 18.2 Å². The number of benzene rings is 1. The van der Waals surface area contributed by atoms with Crippen LogP contribution in [0.2, 0.25) is 5.02 Å². The highest BCUT2D eigenvalue weighted by atomic mass is 35.5. The zero-order valence-electron chi connectivity index (χ0n) is 13.2. The van der Waals surface area contributed by atoms with Crippen molar-refractivity contribution < 1.29 is 5.11 Å². The number of hydrogen-bond acceptors (Lipinski definition) is 1. The van der Waals surface area contributed by atoms with Gasteiger partial charge in [-0.15, -0.1) is 0 Å². The molecule has 1 nitrogen and oxygen atoms in total. The Bertz CT molecular complexity index is 475. The van der Waals surface area contributed by atoms with Crippen LogP contribution in [0.5, 0.6) is 0 Å². The Labute approximate surface area is 128 Å². The Morgan fingerprint density at radius 1 is 1.20 bits per heavy atom. The number of halogens is 1. The molecule has 2 unspecified atom stereocenters. The molecule has 0 saturated heterocycles. The van der Waals surface area contributed by atoms with Crippen molar-refractivity contribution in [2.75, 3.05) is 0 Å². The standard InChI is InChI=1S/C18H27ClO/c1-13-7-8-15(12-16(13)19)18(20)10-5-6-14(9-11-18)17(2,3)4/h7-8,12,14,20H,5-6,9-11H2,1-4H3. The fourth-order valence-electron chi connectivity index (χ4n) is 3.36. The number of aliphatic hydroxyl groups is 1. The summed E-state index contributed by atoms with van der Waals surface area (Å²) in [5.74, 6) is 0.692. The maximum atomic E-state index is 11.1. The second kappa shape index (κ2) is 5.69. The molecule has 2 heteroatoms. The highest BCUT2D eigenvalue weighted by molar-refractivity contribution is 6.31. The van der Waals surface area contributed by atoms with E-state index in [4.69, 9.17) is 11.6 Å². The molecule has 1 aliphatic rings. The third-order valence-electron chi connectivity index (χ3n) is 4.98. The van der Waals surface area contributed by atoms with E-state index in [1.165, 1.54) is 6.42 Å². The summed E-state index contributed by atoms with van der Waals surface area (Å²) in [7, 11) is 0. The minimum atomic E-state index is -0.697. The predicted molar refractivity (Wildman–Crippen MR) is 86.1 cm³/mol. The summed E-state index contributed by atoms with van der Waals surface area (Å²) in [5.41, 5.74) is 1.69. The second-order valence-corrected chi connectivity index (χ2v) is 7.90. The fourth-order valence-corrected chi connectivity index (χ4v) is 3.54. The van der Waals surface area contributed by atoms with Crippen LogP contribution in [-0.4, -0.2) is 5.11 Å². The topological polar surface area (TPSA) is 20.2 Å². The molecule has 1 aliphatic carbocycles. The maximum absolute atomic E-state index is 11.1. The average Bonchev–Trinajstić information content (AvgIpc) is 2.55. The number of hydrogen-bond donors (Lipinski definition) is 1. The van der Waals surface area contributed by atoms with Crippen molar-refractivity contribution >= 4 is 11.6 Å². The molecule has 1 fully saturated rings. The summed E-state index contributed by atoms with van der Waals surface area (Å²) in [6.45, 7) is 8.93. The van der Waals surface area contributed by atoms with E-state index in [0.717, 1.165) is 41.8 Å². The van der Waals surface area contributed by atoms with Crippen LogP contribution in [0.4, 0.5) is 0 Å². The van der Waals surface area contributed by atoms with E-state index in [-0.39, 0.29) is 0 Å². The Kier molecular flexibility index (Phi) is 4.51. The van der Waals surface area contributed by atoms with Gasteiger partial charge in [0.15, 0.2) is 0 Å². The molecule has 2 rings (SSSR count). The normalized spacial score (nSPS) is 28.2. The van der Waals surface area contributed by atoms with E-state index in [2.05, 4.69) is 20.8 Å². The van der Waals surface area contributed by atoms with E-state index in [9.17, 15) is 5.11 Å². The van der Waals surface area contributed by atoms with Crippen LogP contribution < -0.4 is 0 Å². The Hall–Kier alpha value is -0.530. The quantitative estimate of drug-likeness (QED) is 0.682. The van der Waals surface area contributed by atoms with Crippen LogP contribution in [0.3, 0.4) is 0 Å². The second-order valence-electron chi connectivity index (χ2n) is 7.49. The Balaban J connectivity index is 2.20. The lowest BCUT2D eigenvalue weighted by Crippen LogP contribution is -2.26. The van der Waals surface area contributed by atoms with Crippen molar-refractivity contribution in [2.24, 2.45) is 11.3 Å². The smallest absolute Gasteiger partial charge is 0.0897 e.